The van der Waals surface area contributed by atoms with E-state index in [-0.39, 0.29) is 0 Å². The van der Waals surface area contributed by atoms with Gasteiger partial charge in [0, 0.05) is 26.3 Å². The van der Waals surface area contributed by atoms with E-state index in [1.165, 1.54) is 19.3 Å². The van der Waals surface area contributed by atoms with Crippen molar-refractivity contribution < 1.29 is 8.85 Å². The molecule has 1 heterocycles. The van der Waals surface area contributed by atoms with Crippen LogP contribution in [0.3, 0.4) is 0 Å². The Hall–Kier alpha value is 0.0569. The van der Waals surface area contributed by atoms with Gasteiger partial charge in [0.25, 0.3) is 0 Å². The van der Waals surface area contributed by atoms with Gasteiger partial charge in [-0.25, -0.2) is 0 Å². The van der Waals surface area contributed by atoms with Gasteiger partial charge < -0.3 is 19.9 Å². The summed E-state index contributed by atoms with van der Waals surface area (Å²) in [6, 6.07) is 1.06. The first kappa shape index (κ1) is 16.1. The van der Waals surface area contributed by atoms with Gasteiger partial charge in [-0.15, -0.1) is 0 Å². The lowest BCUT2D eigenvalue weighted by atomic mass is 9.91. The van der Waals surface area contributed by atoms with Crippen LogP contribution in [0.4, 0.5) is 0 Å². The van der Waals surface area contributed by atoms with Crippen molar-refractivity contribution in [2.75, 3.05) is 20.8 Å². The van der Waals surface area contributed by atoms with E-state index in [0.717, 1.165) is 12.5 Å². The summed E-state index contributed by atoms with van der Waals surface area (Å²) < 4.78 is 9.22. The summed E-state index contributed by atoms with van der Waals surface area (Å²) in [5.74, 6) is 0.718. The Morgan fingerprint density at radius 1 is 1.44 bits per heavy atom. The maximum absolute atomic E-state index is 5.88. The molecule has 0 spiro atoms. The Kier molecular flexibility index (Phi) is 10.3. The molecular weight excluding hydrogens is 220 g/mol. The Balaban J connectivity index is 0.000000385. The van der Waals surface area contributed by atoms with Gasteiger partial charge in [-0.3, -0.25) is 0 Å². The van der Waals surface area contributed by atoms with Crippen molar-refractivity contribution in [2.24, 2.45) is 11.7 Å². The maximum Gasteiger partial charge on any atom is 0.303 e. The molecule has 0 saturated carbocycles. The molecule has 3 N–H and O–H groups in total. The lowest BCUT2D eigenvalue weighted by molar-refractivity contribution is 0.309. The zero-order valence-corrected chi connectivity index (χ0v) is 12.6. The van der Waals surface area contributed by atoms with E-state index in [1.54, 1.807) is 14.2 Å². The molecule has 0 radical (unpaired) electrons. The van der Waals surface area contributed by atoms with Gasteiger partial charge in [0.05, 0.1) is 0 Å². The highest BCUT2D eigenvalue weighted by molar-refractivity contribution is 6.17. The van der Waals surface area contributed by atoms with Gasteiger partial charge in [0.1, 0.15) is 0 Å². The molecule has 1 aliphatic heterocycles. The number of hydrogen-bond acceptors (Lipinski definition) is 4. The van der Waals surface area contributed by atoms with Crippen LogP contribution < -0.4 is 11.1 Å². The molecule has 16 heavy (non-hydrogen) atoms. The molecule has 3 atom stereocenters. The average Bonchev–Trinajstić information content (AvgIpc) is 2.69. The minimum absolute atomic E-state index is 0.363. The predicted octanol–water partition coefficient (Wildman–Crippen LogP) is 0.390. The number of rotatable bonds is 5. The second-order valence-corrected chi connectivity index (χ2v) is 5.75. The molecule has 0 amide bonds. The zero-order valence-electron chi connectivity index (χ0n) is 11.2. The van der Waals surface area contributed by atoms with Crippen molar-refractivity contribution in [1.82, 2.24) is 5.32 Å². The molecule has 1 rings (SSSR count). The van der Waals surface area contributed by atoms with Crippen molar-refractivity contribution >= 4 is 10.0 Å². The van der Waals surface area contributed by atoms with Crippen LogP contribution in [0.1, 0.15) is 33.1 Å². The lowest BCUT2D eigenvalue weighted by Gasteiger charge is -2.21. The van der Waals surface area contributed by atoms with Crippen LogP contribution in [-0.2, 0) is 8.85 Å². The smallest absolute Gasteiger partial charge is 0.303 e. The van der Waals surface area contributed by atoms with Crippen molar-refractivity contribution in [3.8, 4) is 0 Å². The first-order chi connectivity index (χ1) is 7.67. The quantitative estimate of drug-likeness (QED) is 0.691. The van der Waals surface area contributed by atoms with Gasteiger partial charge in [0.15, 0.2) is 0 Å². The summed E-state index contributed by atoms with van der Waals surface area (Å²) in [7, 11) is 2.73. The summed E-state index contributed by atoms with van der Waals surface area (Å²) in [6.45, 7) is 5.52. The molecule has 4 nitrogen and oxygen atoms in total. The Morgan fingerprint density at radius 3 is 2.44 bits per heavy atom. The monoisotopic (exact) mass is 248 g/mol. The third kappa shape index (κ3) is 6.60. The van der Waals surface area contributed by atoms with E-state index in [2.05, 4.69) is 28.0 Å². The van der Waals surface area contributed by atoms with Crippen molar-refractivity contribution in [3.05, 3.63) is 0 Å². The maximum atomic E-state index is 5.88. The molecule has 0 aromatic carbocycles. The summed E-state index contributed by atoms with van der Waals surface area (Å²) in [5.41, 5.74) is 5.88. The number of nitrogens with two attached hydrogens (primary N) is 1. The first-order valence-corrected chi connectivity index (χ1v) is 7.29. The fourth-order valence-corrected chi connectivity index (χ4v) is 2.40. The minimum Gasteiger partial charge on any atom is -0.402 e. The SMILES string of the molecule is CCCC1NCCC1C(C)N.CO[SiH2]OC. The summed E-state index contributed by atoms with van der Waals surface area (Å²) >= 11 is 0. The Morgan fingerprint density at radius 2 is 2.06 bits per heavy atom. The van der Waals surface area contributed by atoms with E-state index in [1.807, 2.05) is 0 Å². The largest absolute Gasteiger partial charge is 0.402 e. The summed E-state index contributed by atoms with van der Waals surface area (Å²) in [6.07, 6.45) is 3.81. The van der Waals surface area contributed by atoms with Crippen molar-refractivity contribution in [1.29, 1.82) is 0 Å². The van der Waals surface area contributed by atoms with E-state index >= 15 is 0 Å². The predicted molar refractivity (Wildman–Crippen MR) is 71.0 cm³/mol. The minimum atomic E-state index is -0.568. The molecule has 1 fully saturated rings. The Bertz CT molecular complexity index is 157. The fourth-order valence-electron chi connectivity index (χ4n) is 2.16. The van der Waals surface area contributed by atoms with Crippen LogP contribution in [0.25, 0.3) is 0 Å². The van der Waals surface area contributed by atoms with E-state index in [0.29, 0.717) is 12.1 Å². The van der Waals surface area contributed by atoms with Crippen LogP contribution >= 0.6 is 0 Å². The van der Waals surface area contributed by atoms with Crippen LogP contribution in [0, 0.1) is 5.92 Å². The zero-order chi connectivity index (χ0) is 12.4. The summed E-state index contributed by atoms with van der Waals surface area (Å²) in [5, 5.41) is 3.51. The fraction of sp³-hybridized carbons (Fsp3) is 1.00. The van der Waals surface area contributed by atoms with Crippen LogP contribution in [0.2, 0.25) is 0 Å². The van der Waals surface area contributed by atoms with Gasteiger partial charge in [-0.05, 0) is 32.2 Å². The molecule has 0 aliphatic carbocycles. The molecule has 1 aliphatic rings. The molecule has 3 unspecified atom stereocenters. The molecule has 0 bridgehead atoms. The number of nitrogens with one attached hydrogen (secondary N) is 1. The topological polar surface area (TPSA) is 56.5 Å². The highest BCUT2D eigenvalue weighted by atomic mass is 28.3. The molecule has 98 valence electrons. The second kappa shape index (κ2) is 10.2. The molecule has 1 saturated heterocycles. The highest BCUT2D eigenvalue weighted by Gasteiger charge is 2.28. The third-order valence-electron chi connectivity index (χ3n) is 2.91. The van der Waals surface area contributed by atoms with Gasteiger partial charge in [0.2, 0.25) is 0 Å². The lowest BCUT2D eigenvalue weighted by Crippen LogP contribution is -2.36. The van der Waals surface area contributed by atoms with Crippen molar-refractivity contribution in [2.45, 2.75) is 45.2 Å². The Labute approximate surface area is 102 Å². The van der Waals surface area contributed by atoms with Crippen molar-refractivity contribution in [3.63, 3.8) is 0 Å². The van der Waals surface area contributed by atoms with Gasteiger partial charge in [-0.1, -0.05) is 13.3 Å². The van der Waals surface area contributed by atoms with E-state index < -0.39 is 10.0 Å². The van der Waals surface area contributed by atoms with Crippen LogP contribution in [0.15, 0.2) is 0 Å². The van der Waals surface area contributed by atoms with E-state index in [4.69, 9.17) is 5.73 Å². The normalized spacial score (nSPS) is 26.1. The summed E-state index contributed by atoms with van der Waals surface area (Å²) in [4.78, 5) is 0. The second-order valence-electron chi connectivity index (χ2n) is 4.36. The number of hydrogen-bond donors (Lipinski definition) is 2. The first-order valence-electron chi connectivity index (χ1n) is 6.14. The average molecular weight is 248 g/mol. The molecule has 0 aromatic rings. The standard InChI is InChI=1S/C9H20N2.C2H8O2Si/c1-3-4-9-8(7(2)10)5-6-11-9;1-3-5-4-2/h7-9,11H,3-6,10H2,1-2H3;5H2,1-2H3. The van der Waals surface area contributed by atoms with E-state index in [9.17, 15) is 0 Å². The highest BCUT2D eigenvalue weighted by Crippen LogP contribution is 2.21. The molecule has 0 aromatic heterocycles. The van der Waals surface area contributed by atoms with Gasteiger partial charge >= 0.3 is 10.0 Å². The molecule has 5 heteroatoms. The van der Waals surface area contributed by atoms with Gasteiger partial charge in [-0.2, -0.15) is 0 Å². The third-order valence-corrected chi connectivity index (χ3v) is 3.38. The van der Waals surface area contributed by atoms with Crippen LogP contribution in [0.5, 0.6) is 0 Å². The molecular formula is C11H28N2O2Si. The van der Waals surface area contributed by atoms with Crippen LogP contribution in [-0.4, -0.2) is 42.9 Å².